The molecule has 5 nitrogen and oxygen atoms in total. The number of aromatic nitrogens is 1. The van der Waals surface area contributed by atoms with Crippen LogP contribution in [-0.2, 0) is 6.42 Å². The molecule has 0 radical (unpaired) electrons. The lowest BCUT2D eigenvalue weighted by Gasteiger charge is -1.99. The van der Waals surface area contributed by atoms with Crippen LogP contribution >= 0.6 is 0 Å². The van der Waals surface area contributed by atoms with Gasteiger partial charge < -0.3 is 14.3 Å². The standard InChI is InChI=1S/C12H11NO4/c1-16-10-9(17-11(13-10)12(14)15)7-8-5-3-2-4-6-8/h2-6H,7H2,1H3,(H,14,15). The molecule has 1 aromatic heterocycles. The molecular formula is C12H11NO4. The number of methoxy groups -OCH3 is 1. The maximum absolute atomic E-state index is 10.7. The van der Waals surface area contributed by atoms with E-state index in [-0.39, 0.29) is 11.8 Å². The molecule has 1 N–H and O–H groups in total. The number of benzene rings is 1. The van der Waals surface area contributed by atoms with Crippen LogP contribution in [0.5, 0.6) is 5.88 Å². The molecule has 1 aromatic carbocycles. The molecule has 1 heterocycles. The van der Waals surface area contributed by atoms with Gasteiger partial charge in [-0.2, -0.15) is 4.98 Å². The molecule has 2 aromatic rings. The Hall–Kier alpha value is -2.30. The summed E-state index contributed by atoms with van der Waals surface area (Å²) in [4.78, 5) is 14.5. The molecule has 17 heavy (non-hydrogen) atoms. The monoisotopic (exact) mass is 233 g/mol. The van der Waals surface area contributed by atoms with Gasteiger partial charge >= 0.3 is 11.9 Å². The van der Waals surface area contributed by atoms with Crippen molar-refractivity contribution in [2.24, 2.45) is 0 Å². The summed E-state index contributed by atoms with van der Waals surface area (Å²) < 4.78 is 10.1. The highest BCUT2D eigenvalue weighted by molar-refractivity contribution is 5.82. The third-order valence-corrected chi connectivity index (χ3v) is 2.25. The van der Waals surface area contributed by atoms with Gasteiger partial charge in [0.05, 0.1) is 7.11 Å². The number of oxazole rings is 1. The van der Waals surface area contributed by atoms with Crippen LogP contribution in [0.25, 0.3) is 0 Å². The summed E-state index contributed by atoms with van der Waals surface area (Å²) in [6.07, 6.45) is 0.449. The fourth-order valence-corrected chi connectivity index (χ4v) is 1.48. The first-order valence-electron chi connectivity index (χ1n) is 5.01. The van der Waals surface area contributed by atoms with E-state index in [1.165, 1.54) is 7.11 Å². The summed E-state index contributed by atoms with van der Waals surface area (Å²) in [5.74, 6) is -0.933. The van der Waals surface area contributed by atoms with Gasteiger partial charge in [-0.1, -0.05) is 30.3 Å². The average molecular weight is 233 g/mol. The summed E-state index contributed by atoms with van der Waals surface area (Å²) in [7, 11) is 1.43. The van der Waals surface area contributed by atoms with E-state index in [0.717, 1.165) is 5.56 Å². The summed E-state index contributed by atoms with van der Waals surface area (Å²) in [6.45, 7) is 0. The summed E-state index contributed by atoms with van der Waals surface area (Å²) >= 11 is 0. The molecule has 0 fully saturated rings. The van der Waals surface area contributed by atoms with Crippen LogP contribution in [-0.4, -0.2) is 23.2 Å². The van der Waals surface area contributed by atoms with Crippen molar-refractivity contribution in [2.75, 3.05) is 7.11 Å². The molecule has 0 aliphatic rings. The maximum atomic E-state index is 10.7. The number of ether oxygens (including phenoxy) is 1. The Balaban J connectivity index is 2.29. The second kappa shape index (κ2) is 4.69. The lowest BCUT2D eigenvalue weighted by Crippen LogP contribution is -1.95. The summed E-state index contributed by atoms with van der Waals surface area (Å²) in [5, 5.41) is 8.77. The first-order valence-corrected chi connectivity index (χ1v) is 5.01. The highest BCUT2D eigenvalue weighted by atomic mass is 16.5. The van der Waals surface area contributed by atoms with Gasteiger partial charge in [-0.05, 0) is 5.56 Å². The fraction of sp³-hybridized carbons (Fsp3) is 0.167. The van der Waals surface area contributed by atoms with Gasteiger partial charge in [0.1, 0.15) is 0 Å². The zero-order chi connectivity index (χ0) is 12.3. The maximum Gasteiger partial charge on any atom is 0.392 e. The van der Waals surface area contributed by atoms with Gasteiger partial charge in [-0.15, -0.1) is 0 Å². The van der Waals surface area contributed by atoms with Crippen LogP contribution in [0.3, 0.4) is 0 Å². The van der Waals surface area contributed by atoms with E-state index in [0.29, 0.717) is 12.2 Å². The SMILES string of the molecule is COc1nc(C(=O)O)oc1Cc1ccccc1. The highest BCUT2D eigenvalue weighted by Crippen LogP contribution is 2.22. The van der Waals surface area contributed by atoms with Crippen molar-refractivity contribution in [3.05, 3.63) is 47.5 Å². The molecule has 88 valence electrons. The Labute approximate surface area is 97.7 Å². The van der Waals surface area contributed by atoms with E-state index in [1.807, 2.05) is 30.3 Å². The number of rotatable bonds is 4. The smallest absolute Gasteiger partial charge is 0.392 e. The molecule has 0 unspecified atom stereocenters. The normalized spacial score (nSPS) is 10.2. The van der Waals surface area contributed by atoms with E-state index in [2.05, 4.69) is 4.98 Å². The highest BCUT2D eigenvalue weighted by Gasteiger charge is 2.18. The molecule has 2 rings (SSSR count). The summed E-state index contributed by atoms with van der Waals surface area (Å²) in [5.41, 5.74) is 0.999. The van der Waals surface area contributed by atoms with E-state index < -0.39 is 5.97 Å². The van der Waals surface area contributed by atoms with Gasteiger partial charge in [0.15, 0.2) is 5.76 Å². The van der Waals surface area contributed by atoms with E-state index >= 15 is 0 Å². The van der Waals surface area contributed by atoms with Crippen LogP contribution in [0.4, 0.5) is 0 Å². The van der Waals surface area contributed by atoms with E-state index in [1.54, 1.807) is 0 Å². The number of aromatic carboxylic acids is 1. The quantitative estimate of drug-likeness (QED) is 0.874. The number of hydrogen-bond donors (Lipinski definition) is 1. The van der Waals surface area contributed by atoms with Crippen molar-refractivity contribution < 1.29 is 19.1 Å². The molecule has 0 saturated heterocycles. The third kappa shape index (κ3) is 2.44. The van der Waals surface area contributed by atoms with E-state index in [9.17, 15) is 4.79 Å². The zero-order valence-electron chi connectivity index (χ0n) is 9.21. The zero-order valence-corrected chi connectivity index (χ0v) is 9.21. The summed E-state index contributed by atoms with van der Waals surface area (Å²) in [6, 6.07) is 9.54. The van der Waals surface area contributed by atoms with Crippen molar-refractivity contribution in [2.45, 2.75) is 6.42 Å². The Kier molecular flexibility index (Phi) is 3.09. The number of nitrogens with zero attached hydrogens (tertiary/aromatic N) is 1. The van der Waals surface area contributed by atoms with Gasteiger partial charge in [-0.25, -0.2) is 4.79 Å². The molecule has 0 aliphatic carbocycles. The second-order valence-corrected chi connectivity index (χ2v) is 3.42. The van der Waals surface area contributed by atoms with Gasteiger partial charge in [-0.3, -0.25) is 0 Å². The predicted octanol–water partition coefficient (Wildman–Crippen LogP) is 1.97. The molecule has 0 aliphatic heterocycles. The molecule has 0 bridgehead atoms. The first kappa shape index (κ1) is 11.2. The molecule has 0 amide bonds. The lowest BCUT2D eigenvalue weighted by atomic mass is 10.1. The Morgan fingerprint density at radius 2 is 2.12 bits per heavy atom. The molecule has 5 heteroatoms. The number of carboxylic acid groups (broad SMARTS) is 1. The van der Waals surface area contributed by atoms with Crippen LogP contribution in [0.15, 0.2) is 34.7 Å². The van der Waals surface area contributed by atoms with Crippen molar-refractivity contribution in [1.82, 2.24) is 4.98 Å². The largest absolute Gasteiger partial charge is 0.479 e. The lowest BCUT2D eigenvalue weighted by molar-refractivity contribution is 0.0651. The topological polar surface area (TPSA) is 72.6 Å². The minimum Gasteiger partial charge on any atom is -0.479 e. The molecule has 0 atom stereocenters. The van der Waals surface area contributed by atoms with Gasteiger partial charge in [0.25, 0.3) is 5.88 Å². The van der Waals surface area contributed by atoms with Gasteiger partial charge in [0, 0.05) is 6.42 Å². The third-order valence-electron chi connectivity index (χ3n) is 2.25. The van der Waals surface area contributed by atoms with Crippen LogP contribution in [0.1, 0.15) is 22.0 Å². The van der Waals surface area contributed by atoms with Crippen LogP contribution in [0, 0.1) is 0 Å². The van der Waals surface area contributed by atoms with Crippen molar-refractivity contribution in [3.8, 4) is 5.88 Å². The van der Waals surface area contributed by atoms with Crippen molar-refractivity contribution in [3.63, 3.8) is 0 Å². The Morgan fingerprint density at radius 3 is 2.71 bits per heavy atom. The first-order chi connectivity index (χ1) is 8.20. The molecule has 0 saturated carbocycles. The van der Waals surface area contributed by atoms with E-state index in [4.69, 9.17) is 14.3 Å². The van der Waals surface area contributed by atoms with Crippen LogP contribution in [0.2, 0.25) is 0 Å². The van der Waals surface area contributed by atoms with Crippen molar-refractivity contribution >= 4 is 5.97 Å². The molecule has 0 spiro atoms. The number of carbonyl (C=O) groups is 1. The van der Waals surface area contributed by atoms with Crippen molar-refractivity contribution in [1.29, 1.82) is 0 Å². The van der Waals surface area contributed by atoms with Crippen LogP contribution < -0.4 is 4.74 Å². The minimum atomic E-state index is -1.21. The average Bonchev–Trinajstić information content (AvgIpc) is 2.74. The molecular weight excluding hydrogens is 222 g/mol. The number of hydrogen-bond acceptors (Lipinski definition) is 4. The minimum absolute atomic E-state index is 0.214. The second-order valence-electron chi connectivity index (χ2n) is 3.42. The predicted molar refractivity (Wildman–Crippen MR) is 59.3 cm³/mol. The fourth-order valence-electron chi connectivity index (χ4n) is 1.48. The van der Waals surface area contributed by atoms with Gasteiger partial charge in [0.2, 0.25) is 0 Å². The Bertz CT molecular complexity index is 519. The number of carboxylic acids is 1. The Morgan fingerprint density at radius 1 is 1.41 bits per heavy atom.